The second kappa shape index (κ2) is 6.71. The van der Waals surface area contributed by atoms with E-state index in [1.165, 1.54) is 26.1 Å². The smallest absolute Gasteiger partial charge is 0.273 e. The first kappa shape index (κ1) is 15.5. The highest BCUT2D eigenvalue weighted by Crippen LogP contribution is 2.15. The average molecular weight is 301 g/mol. The highest BCUT2D eigenvalue weighted by molar-refractivity contribution is 7.89. The predicted molar refractivity (Wildman–Crippen MR) is 76.9 cm³/mol. The molecule has 114 valence electrons. The number of piperidine rings is 1. The lowest BCUT2D eigenvalue weighted by molar-refractivity contribution is 0.196. The Morgan fingerprint density at radius 1 is 1.45 bits per heavy atom. The van der Waals surface area contributed by atoms with E-state index in [1.807, 2.05) is 0 Å². The second-order valence-electron chi connectivity index (χ2n) is 5.04. The molecular weight excluding hydrogens is 278 g/mol. The topological polar surface area (TPSA) is 74.6 Å². The Morgan fingerprint density at radius 2 is 2.25 bits per heavy atom. The van der Waals surface area contributed by atoms with Crippen LogP contribution in [0.25, 0.3) is 0 Å². The van der Waals surface area contributed by atoms with Crippen molar-refractivity contribution >= 4 is 10.0 Å². The van der Waals surface area contributed by atoms with Gasteiger partial charge in [0, 0.05) is 12.6 Å². The number of hydrogen-bond donors (Lipinski definition) is 2. The molecule has 0 aromatic carbocycles. The summed E-state index contributed by atoms with van der Waals surface area (Å²) in [5.74, 6) is 0.646. The Kier molecular flexibility index (Phi) is 5.20. The molecule has 0 amide bonds. The summed E-state index contributed by atoms with van der Waals surface area (Å²) in [5.41, 5.74) is 0. The van der Waals surface area contributed by atoms with Gasteiger partial charge in [0.05, 0.1) is 6.54 Å². The van der Waals surface area contributed by atoms with Crippen molar-refractivity contribution in [2.45, 2.75) is 37.4 Å². The molecule has 1 aromatic heterocycles. The van der Waals surface area contributed by atoms with E-state index < -0.39 is 10.0 Å². The first-order valence-electron chi connectivity index (χ1n) is 7.03. The summed E-state index contributed by atoms with van der Waals surface area (Å²) in [6, 6.07) is 3.64. The van der Waals surface area contributed by atoms with Crippen LogP contribution in [0.4, 0.5) is 0 Å². The Hall–Kier alpha value is -0.890. The third kappa shape index (κ3) is 3.82. The Bertz CT molecular complexity index is 527. The van der Waals surface area contributed by atoms with E-state index in [9.17, 15) is 8.42 Å². The zero-order chi connectivity index (χ0) is 14.6. The van der Waals surface area contributed by atoms with Gasteiger partial charge in [0.25, 0.3) is 10.0 Å². The van der Waals surface area contributed by atoms with E-state index in [0.29, 0.717) is 18.3 Å². The van der Waals surface area contributed by atoms with Crippen molar-refractivity contribution in [3.8, 4) is 0 Å². The summed E-state index contributed by atoms with van der Waals surface area (Å²) in [6.07, 6.45) is 2.35. The molecule has 0 spiro atoms. The molecule has 1 unspecified atom stereocenters. The average Bonchev–Trinajstić information content (AvgIpc) is 2.95. The lowest BCUT2D eigenvalue weighted by atomic mass is 10.1. The molecule has 0 aliphatic carbocycles. The van der Waals surface area contributed by atoms with Crippen LogP contribution in [0.3, 0.4) is 0 Å². The van der Waals surface area contributed by atoms with Gasteiger partial charge in [0.15, 0.2) is 0 Å². The molecule has 0 radical (unpaired) electrons. The third-order valence-corrected chi connectivity index (χ3v) is 4.97. The van der Waals surface area contributed by atoms with E-state index >= 15 is 0 Å². The van der Waals surface area contributed by atoms with Crippen LogP contribution in [0, 0.1) is 0 Å². The Balaban J connectivity index is 1.88. The van der Waals surface area contributed by atoms with Crippen LogP contribution in [0.15, 0.2) is 21.6 Å². The van der Waals surface area contributed by atoms with Crippen LogP contribution in [0.2, 0.25) is 0 Å². The molecule has 1 saturated heterocycles. The number of rotatable bonds is 6. The second-order valence-corrected chi connectivity index (χ2v) is 6.86. The lowest BCUT2D eigenvalue weighted by Gasteiger charge is -2.32. The van der Waals surface area contributed by atoms with Gasteiger partial charge >= 0.3 is 0 Å². The van der Waals surface area contributed by atoms with Gasteiger partial charge in [0.1, 0.15) is 5.76 Å². The number of likely N-dealkylation sites (N-methyl/N-ethyl adjacent to an activating group) is 1. The van der Waals surface area contributed by atoms with Crippen molar-refractivity contribution in [3.63, 3.8) is 0 Å². The van der Waals surface area contributed by atoms with Crippen molar-refractivity contribution in [2.75, 3.05) is 26.7 Å². The van der Waals surface area contributed by atoms with Gasteiger partial charge in [-0.1, -0.05) is 6.92 Å². The number of likely N-dealkylation sites (tertiary alicyclic amines) is 1. The summed E-state index contributed by atoms with van der Waals surface area (Å²) in [7, 11) is -2.11. The Morgan fingerprint density at radius 3 is 2.95 bits per heavy atom. The first-order valence-corrected chi connectivity index (χ1v) is 8.51. The van der Waals surface area contributed by atoms with E-state index in [1.54, 1.807) is 6.07 Å². The number of nitrogens with zero attached hydrogens (tertiary/aromatic N) is 1. The van der Waals surface area contributed by atoms with Gasteiger partial charge in [-0.25, -0.2) is 13.1 Å². The molecule has 0 bridgehead atoms. The molecular formula is C13H23N3O3S. The minimum Gasteiger partial charge on any atom is -0.447 e. The molecule has 1 aliphatic heterocycles. The van der Waals surface area contributed by atoms with Crippen LogP contribution >= 0.6 is 0 Å². The van der Waals surface area contributed by atoms with Crippen molar-refractivity contribution in [1.29, 1.82) is 0 Å². The maximum atomic E-state index is 11.6. The molecule has 1 aromatic rings. The summed E-state index contributed by atoms with van der Waals surface area (Å²) < 4.78 is 30.7. The molecule has 2 N–H and O–H groups in total. The minimum atomic E-state index is -3.49. The van der Waals surface area contributed by atoms with Crippen LogP contribution in [-0.4, -0.2) is 46.0 Å². The fourth-order valence-electron chi connectivity index (χ4n) is 2.45. The number of nitrogens with one attached hydrogen (secondary N) is 2. The van der Waals surface area contributed by atoms with Gasteiger partial charge in [0.2, 0.25) is 5.09 Å². The SMILES string of the molecule is CCN1CCCC(NCc2ccc(S(=O)(=O)NC)o2)C1. The molecule has 7 heteroatoms. The zero-order valence-electron chi connectivity index (χ0n) is 12.1. The molecule has 1 aliphatic rings. The van der Waals surface area contributed by atoms with Gasteiger partial charge in [-0.05, 0) is 45.1 Å². The van der Waals surface area contributed by atoms with Gasteiger partial charge in [-0.2, -0.15) is 0 Å². The molecule has 1 atom stereocenters. The standard InChI is InChI=1S/C13H23N3O3S/c1-3-16-8-4-5-11(10-16)15-9-12-6-7-13(19-12)20(17,18)14-2/h6-7,11,14-15H,3-5,8-10H2,1-2H3. The first-order chi connectivity index (χ1) is 9.55. The molecule has 2 rings (SSSR count). The monoisotopic (exact) mass is 301 g/mol. The Labute approximate surface area is 120 Å². The third-order valence-electron chi connectivity index (χ3n) is 3.69. The quantitative estimate of drug-likeness (QED) is 0.811. The highest BCUT2D eigenvalue weighted by atomic mass is 32.2. The maximum absolute atomic E-state index is 11.6. The predicted octanol–water partition coefficient (Wildman–Crippen LogP) is 0.762. The number of hydrogen-bond acceptors (Lipinski definition) is 5. The van der Waals surface area contributed by atoms with Crippen molar-refractivity contribution in [1.82, 2.24) is 14.9 Å². The minimum absolute atomic E-state index is 0.0318. The van der Waals surface area contributed by atoms with E-state index in [0.717, 1.165) is 19.5 Å². The van der Waals surface area contributed by atoms with E-state index in [2.05, 4.69) is 21.9 Å². The van der Waals surface area contributed by atoms with Crippen LogP contribution in [-0.2, 0) is 16.6 Å². The normalized spacial score (nSPS) is 21.2. The summed E-state index contributed by atoms with van der Waals surface area (Å²) in [6.45, 7) is 6.01. The van der Waals surface area contributed by atoms with Crippen LogP contribution in [0.1, 0.15) is 25.5 Å². The lowest BCUT2D eigenvalue weighted by Crippen LogP contribution is -2.45. The highest BCUT2D eigenvalue weighted by Gasteiger charge is 2.20. The summed E-state index contributed by atoms with van der Waals surface area (Å²) in [5, 5.41) is 3.40. The van der Waals surface area contributed by atoms with Crippen molar-refractivity contribution in [2.24, 2.45) is 0 Å². The molecule has 2 heterocycles. The van der Waals surface area contributed by atoms with Gasteiger partial charge in [-0.3, -0.25) is 0 Å². The van der Waals surface area contributed by atoms with Gasteiger partial charge < -0.3 is 14.6 Å². The summed E-state index contributed by atoms with van der Waals surface area (Å²) >= 11 is 0. The van der Waals surface area contributed by atoms with Gasteiger partial charge in [-0.15, -0.1) is 0 Å². The molecule has 0 saturated carbocycles. The van der Waals surface area contributed by atoms with Crippen LogP contribution < -0.4 is 10.0 Å². The fraction of sp³-hybridized carbons (Fsp3) is 0.692. The summed E-state index contributed by atoms with van der Waals surface area (Å²) in [4.78, 5) is 2.42. The fourth-order valence-corrected chi connectivity index (χ4v) is 3.12. The molecule has 20 heavy (non-hydrogen) atoms. The van der Waals surface area contributed by atoms with Crippen LogP contribution in [0.5, 0.6) is 0 Å². The largest absolute Gasteiger partial charge is 0.447 e. The van der Waals surface area contributed by atoms with E-state index in [4.69, 9.17) is 4.42 Å². The van der Waals surface area contributed by atoms with Crippen molar-refractivity contribution < 1.29 is 12.8 Å². The molecule has 1 fully saturated rings. The zero-order valence-corrected chi connectivity index (χ0v) is 12.9. The number of furan rings is 1. The number of sulfonamides is 1. The van der Waals surface area contributed by atoms with Crippen molar-refractivity contribution in [3.05, 3.63) is 17.9 Å². The maximum Gasteiger partial charge on any atom is 0.273 e. The molecule has 6 nitrogen and oxygen atoms in total. The van der Waals surface area contributed by atoms with E-state index in [-0.39, 0.29) is 5.09 Å².